The third-order valence-corrected chi connectivity index (χ3v) is 7.63. The predicted molar refractivity (Wildman–Crippen MR) is 123 cm³/mol. The lowest BCUT2D eigenvalue weighted by Crippen LogP contribution is -2.34. The van der Waals surface area contributed by atoms with Gasteiger partial charge in [-0.3, -0.25) is 0 Å². The maximum Gasteiger partial charge on any atom is 0.407 e. The maximum absolute atomic E-state index is 14.5. The van der Waals surface area contributed by atoms with Crippen molar-refractivity contribution < 1.29 is 18.3 Å². The first-order valence-corrected chi connectivity index (χ1v) is 11.4. The van der Waals surface area contributed by atoms with Crippen molar-refractivity contribution in [2.75, 3.05) is 6.54 Å². The molecule has 158 valence electrons. The van der Waals surface area contributed by atoms with Crippen molar-refractivity contribution in [1.82, 2.24) is 5.32 Å². The molecule has 2 aromatic carbocycles. The van der Waals surface area contributed by atoms with Crippen LogP contribution >= 0.6 is 34.4 Å². The number of amides is 1. The van der Waals surface area contributed by atoms with Crippen molar-refractivity contribution in [3.05, 3.63) is 66.2 Å². The van der Waals surface area contributed by atoms with Gasteiger partial charge >= 0.3 is 6.09 Å². The SMILES string of the molecule is CC(C)(CCNC(=O)OCc1ccccc1)C(I)CC(F)(F)Sc1ccccc1. The number of thioether (sulfide) groups is 1. The second kappa shape index (κ2) is 11.2. The molecule has 1 unspecified atom stereocenters. The van der Waals surface area contributed by atoms with Crippen LogP contribution in [0.15, 0.2) is 65.6 Å². The van der Waals surface area contributed by atoms with E-state index in [0.29, 0.717) is 29.6 Å². The van der Waals surface area contributed by atoms with Crippen molar-refractivity contribution >= 4 is 40.4 Å². The fourth-order valence-corrected chi connectivity index (χ4v) is 4.66. The molecule has 2 aromatic rings. The summed E-state index contributed by atoms with van der Waals surface area (Å²) in [5.74, 6) is 0. The van der Waals surface area contributed by atoms with Crippen molar-refractivity contribution in [2.45, 2.75) is 47.4 Å². The van der Waals surface area contributed by atoms with Crippen molar-refractivity contribution in [2.24, 2.45) is 5.41 Å². The molecule has 0 spiro atoms. The first-order chi connectivity index (χ1) is 13.7. The lowest BCUT2D eigenvalue weighted by molar-refractivity contribution is 0.0826. The van der Waals surface area contributed by atoms with E-state index in [1.165, 1.54) is 0 Å². The van der Waals surface area contributed by atoms with Crippen LogP contribution in [0.4, 0.5) is 13.6 Å². The van der Waals surface area contributed by atoms with Crippen LogP contribution in [0.2, 0.25) is 0 Å². The number of alkyl carbamates (subject to hydrolysis) is 1. The average molecular weight is 533 g/mol. The van der Waals surface area contributed by atoms with Gasteiger partial charge in [-0.1, -0.05) is 96.7 Å². The van der Waals surface area contributed by atoms with Crippen LogP contribution in [-0.2, 0) is 11.3 Å². The molecule has 0 aromatic heterocycles. The Hall–Kier alpha value is -1.35. The van der Waals surface area contributed by atoms with Crippen LogP contribution in [-0.4, -0.2) is 21.8 Å². The van der Waals surface area contributed by atoms with Gasteiger partial charge in [0.15, 0.2) is 0 Å². The molecule has 0 fully saturated rings. The molecule has 0 saturated heterocycles. The van der Waals surface area contributed by atoms with Crippen LogP contribution in [0.1, 0.15) is 32.3 Å². The minimum atomic E-state index is -2.85. The molecule has 0 aliphatic rings. The molecular weight excluding hydrogens is 507 g/mol. The van der Waals surface area contributed by atoms with Crippen LogP contribution in [0.5, 0.6) is 0 Å². The summed E-state index contributed by atoms with van der Waals surface area (Å²) in [6, 6.07) is 18.1. The molecule has 1 amide bonds. The third kappa shape index (κ3) is 8.90. The summed E-state index contributed by atoms with van der Waals surface area (Å²) in [5.41, 5.74) is 0.543. The number of hydrogen-bond donors (Lipinski definition) is 1. The molecule has 2 rings (SSSR count). The van der Waals surface area contributed by atoms with E-state index in [0.717, 1.165) is 5.56 Å². The highest BCUT2D eigenvalue weighted by Gasteiger charge is 2.39. The number of alkyl halides is 3. The topological polar surface area (TPSA) is 38.3 Å². The van der Waals surface area contributed by atoms with E-state index in [4.69, 9.17) is 4.74 Å². The number of halogens is 3. The number of carbonyl (C=O) groups is 1. The van der Waals surface area contributed by atoms with E-state index in [2.05, 4.69) is 27.9 Å². The Balaban J connectivity index is 1.75. The molecule has 0 radical (unpaired) electrons. The number of benzene rings is 2. The van der Waals surface area contributed by atoms with Crippen LogP contribution in [0.25, 0.3) is 0 Å². The lowest BCUT2D eigenvalue weighted by Gasteiger charge is -2.32. The van der Waals surface area contributed by atoms with Gasteiger partial charge in [-0.05, 0) is 29.5 Å². The summed E-state index contributed by atoms with van der Waals surface area (Å²) in [7, 11) is 0. The fraction of sp³-hybridized carbons (Fsp3) is 0.409. The molecule has 0 bridgehead atoms. The Morgan fingerprint density at radius 3 is 2.31 bits per heavy atom. The number of nitrogens with one attached hydrogen (secondary N) is 1. The summed E-state index contributed by atoms with van der Waals surface area (Å²) < 4.78 is 33.9. The highest BCUT2D eigenvalue weighted by molar-refractivity contribution is 14.1. The molecule has 3 nitrogen and oxygen atoms in total. The Kier molecular flexibility index (Phi) is 9.20. The second-order valence-electron chi connectivity index (χ2n) is 7.45. The standard InChI is InChI=1S/C22H26F2INO2S/c1-21(2,13-14-26-20(27)28-16-17-9-5-3-6-10-17)19(25)15-22(23,24)29-18-11-7-4-8-12-18/h3-12,19H,13-16H2,1-2H3,(H,26,27). The molecule has 0 aliphatic carbocycles. The Morgan fingerprint density at radius 2 is 1.69 bits per heavy atom. The van der Waals surface area contributed by atoms with E-state index in [1.807, 2.05) is 50.2 Å². The van der Waals surface area contributed by atoms with Crippen molar-refractivity contribution in [3.8, 4) is 0 Å². The quantitative estimate of drug-likeness (QED) is 0.205. The zero-order valence-electron chi connectivity index (χ0n) is 16.5. The van der Waals surface area contributed by atoms with Gasteiger partial charge in [0.25, 0.3) is 5.25 Å². The van der Waals surface area contributed by atoms with Gasteiger partial charge in [0, 0.05) is 21.8 Å². The number of hydrogen-bond acceptors (Lipinski definition) is 3. The fourth-order valence-electron chi connectivity index (χ4n) is 2.61. The number of carbonyl (C=O) groups excluding carboxylic acids is 1. The van der Waals surface area contributed by atoms with Crippen molar-refractivity contribution in [3.63, 3.8) is 0 Å². The monoisotopic (exact) mass is 533 g/mol. The smallest absolute Gasteiger partial charge is 0.407 e. The van der Waals surface area contributed by atoms with Gasteiger partial charge in [0.2, 0.25) is 0 Å². The van der Waals surface area contributed by atoms with Gasteiger partial charge in [0.05, 0.1) is 0 Å². The van der Waals surface area contributed by atoms with Crippen molar-refractivity contribution in [1.29, 1.82) is 0 Å². The summed E-state index contributed by atoms with van der Waals surface area (Å²) in [6.45, 7) is 4.47. The highest BCUT2D eigenvalue weighted by atomic mass is 127. The molecule has 1 atom stereocenters. The molecule has 0 saturated carbocycles. The van der Waals surface area contributed by atoms with Gasteiger partial charge in [0.1, 0.15) is 6.61 Å². The van der Waals surface area contributed by atoms with Gasteiger partial charge in [-0.2, -0.15) is 8.78 Å². The molecule has 29 heavy (non-hydrogen) atoms. The Morgan fingerprint density at radius 1 is 1.10 bits per heavy atom. The van der Waals surface area contributed by atoms with Crippen LogP contribution < -0.4 is 5.32 Å². The zero-order chi connectivity index (χ0) is 21.3. The summed E-state index contributed by atoms with van der Waals surface area (Å²) in [5, 5.41) is -0.145. The van der Waals surface area contributed by atoms with Gasteiger partial charge in [-0.15, -0.1) is 0 Å². The first kappa shape index (κ1) is 23.9. The summed E-state index contributed by atoms with van der Waals surface area (Å²) in [4.78, 5) is 12.4. The lowest BCUT2D eigenvalue weighted by atomic mass is 9.84. The van der Waals surface area contributed by atoms with Crippen LogP contribution in [0.3, 0.4) is 0 Å². The molecular formula is C22H26F2INO2S. The Bertz CT molecular complexity index is 760. The predicted octanol–water partition coefficient (Wildman–Crippen LogP) is 6.91. The molecule has 0 aliphatic heterocycles. The van der Waals surface area contributed by atoms with E-state index in [9.17, 15) is 13.6 Å². The highest BCUT2D eigenvalue weighted by Crippen LogP contribution is 2.45. The molecule has 1 N–H and O–H groups in total. The van der Waals surface area contributed by atoms with Gasteiger partial charge < -0.3 is 10.1 Å². The first-order valence-electron chi connectivity index (χ1n) is 9.38. The average Bonchev–Trinajstić information content (AvgIpc) is 2.67. The van der Waals surface area contributed by atoms with Gasteiger partial charge in [-0.25, -0.2) is 4.79 Å². The van der Waals surface area contributed by atoms with E-state index in [-0.39, 0.29) is 22.4 Å². The largest absolute Gasteiger partial charge is 0.445 e. The summed E-state index contributed by atoms with van der Waals surface area (Å²) in [6.07, 6.45) is -0.161. The van der Waals surface area contributed by atoms with E-state index < -0.39 is 11.3 Å². The molecule has 0 heterocycles. The zero-order valence-corrected chi connectivity index (χ0v) is 19.5. The second-order valence-corrected chi connectivity index (χ2v) is 10.2. The maximum atomic E-state index is 14.5. The van der Waals surface area contributed by atoms with Crippen LogP contribution in [0, 0.1) is 5.41 Å². The minimum absolute atomic E-state index is 0.202. The molecule has 7 heteroatoms. The third-order valence-electron chi connectivity index (χ3n) is 4.53. The normalized spacial score (nSPS) is 13.0. The Labute approximate surface area is 189 Å². The van der Waals surface area contributed by atoms with E-state index in [1.54, 1.807) is 24.3 Å². The number of rotatable bonds is 10. The minimum Gasteiger partial charge on any atom is -0.445 e. The number of ether oxygens (including phenoxy) is 1. The van der Waals surface area contributed by atoms with E-state index >= 15 is 0 Å². The summed E-state index contributed by atoms with van der Waals surface area (Å²) >= 11 is 2.69.